The second-order valence-electron chi connectivity index (χ2n) is 6.23. The van der Waals surface area contributed by atoms with E-state index in [1.54, 1.807) is 7.05 Å². The Labute approximate surface area is 129 Å². The number of ketones is 1. The fourth-order valence-electron chi connectivity index (χ4n) is 3.42. The van der Waals surface area contributed by atoms with Crippen molar-refractivity contribution >= 4 is 17.6 Å². The van der Waals surface area contributed by atoms with Gasteiger partial charge in [-0.05, 0) is 30.7 Å². The van der Waals surface area contributed by atoms with Gasteiger partial charge < -0.3 is 10.2 Å². The fraction of sp³-hybridized carbons (Fsp3) is 0.471. The summed E-state index contributed by atoms with van der Waals surface area (Å²) in [7, 11) is 1.55. The van der Waals surface area contributed by atoms with Crippen LogP contribution in [-0.2, 0) is 14.4 Å². The summed E-state index contributed by atoms with van der Waals surface area (Å²) < 4.78 is 0. The lowest BCUT2D eigenvalue weighted by molar-refractivity contribution is -0.142. The highest BCUT2D eigenvalue weighted by atomic mass is 16.2. The number of rotatable bonds is 3. The van der Waals surface area contributed by atoms with Crippen LogP contribution in [0.5, 0.6) is 0 Å². The number of likely N-dealkylation sites (tertiary alicyclic amines) is 1. The van der Waals surface area contributed by atoms with E-state index < -0.39 is 17.6 Å². The average molecular weight is 300 g/mol. The number of hydrogen-bond acceptors (Lipinski definition) is 3. The van der Waals surface area contributed by atoms with Crippen molar-refractivity contribution < 1.29 is 14.4 Å². The lowest BCUT2D eigenvalue weighted by atomic mass is 9.97. The predicted molar refractivity (Wildman–Crippen MR) is 81.1 cm³/mol. The normalized spacial score (nSPS) is 28.2. The van der Waals surface area contributed by atoms with E-state index in [9.17, 15) is 14.4 Å². The van der Waals surface area contributed by atoms with Crippen LogP contribution < -0.4 is 5.32 Å². The van der Waals surface area contributed by atoms with Gasteiger partial charge in [0.2, 0.25) is 11.7 Å². The van der Waals surface area contributed by atoms with Crippen molar-refractivity contribution in [3.05, 3.63) is 35.9 Å². The van der Waals surface area contributed by atoms with Gasteiger partial charge in [-0.1, -0.05) is 30.3 Å². The SMILES string of the molecule is CN1CC(C(=O)NC2CC[C@H](c3ccccc3)C2)C(=O)C1=O. The quantitative estimate of drug-likeness (QED) is 0.671. The highest BCUT2D eigenvalue weighted by Crippen LogP contribution is 2.34. The van der Waals surface area contributed by atoms with Crippen LogP contribution in [-0.4, -0.2) is 42.1 Å². The summed E-state index contributed by atoms with van der Waals surface area (Å²) in [6.45, 7) is 0.193. The second-order valence-corrected chi connectivity index (χ2v) is 6.23. The minimum Gasteiger partial charge on any atom is -0.353 e. The predicted octanol–water partition coefficient (Wildman–Crippen LogP) is 1.10. The van der Waals surface area contributed by atoms with E-state index in [1.807, 2.05) is 18.2 Å². The van der Waals surface area contributed by atoms with E-state index in [0.717, 1.165) is 19.3 Å². The largest absolute Gasteiger partial charge is 0.353 e. The summed E-state index contributed by atoms with van der Waals surface area (Å²) in [5, 5.41) is 2.95. The number of nitrogens with one attached hydrogen (secondary N) is 1. The Morgan fingerprint density at radius 3 is 2.55 bits per heavy atom. The minimum atomic E-state index is -0.840. The second kappa shape index (κ2) is 5.91. The monoisotopic (exact) mass is 300 g/mol. The number of carbonyl (C=O) groups is 3. The Morgan fingerprint density at radius 2 is 1.91 bits per heavy atom. The molecule has 22 heavy (non-hydrogen) atoms. The van der Waals surface area contributed by atoms with Gasteiger partial charge in [0.15, 0.2) is 0 Å². The van der Waals surface area contributed by atoms with Crippen molar-refractivity contribution in [1.29, 1.82) is 0 Å². The molecule has 0 aromatic heterocycles. The molecule has 1 aliphatic heterocycles. The molecule has 2 amide bonds. The standard InChI is InChI=1S/C17H20N2O3/c1-19-10-14(15(20)17(19)22)16(21)18-13-8-7-12(9-13)11-5-3-2-4-6-11/h2-6,12-14H,7-10H2,1H3,(H,18,21)/t12-,13?,14?/m0/s1. The van der Waals surface area contributed by atoms with Gasteiger partial charge in [-0.15, -0.1) is 0 Å². The van der Waals surface area contributed by atoms with Gasteiger partial charge in [0.25, 0.3) is 5.91 Å². The van der Waals surface area contributed by atoms with Gasteiger partial charge in [-0.25, -0.2) is 0 Å². The summed E-state index contributed by atoms with van der Waals surface area (Å²) in [5.41, 5.74) is 1.30. The molecule has 3 rings (SSSR count). The first-order chi connectivity index (χ1) is 10.6. The first-order valence-corrected chi connectivity index (χ1v) is 7.71. The van der Waals surface area contributed by atoms with E-state index in [2.05, 4.69) is 17.4 Å². The Morgan fingerprint density at radius 1 is 1.18 bits per heavy atom. The van der Waals surface area contributed by atoms with Crippen LogP contribution >= 0.6 is 0 Å². The fourth-order valence-corrected chi connectivity index (χ4v) is 3.42. The molecule has 1 aromatic carbocycles. The van der Waals surface area contributed by atoms with Gasteiger partial charge in [0.1, 0.15) is 5.92 Å². The zero-order valence-corrected chi connectivity index (χ0v) is 12.6. The Kier molecular flexibility index (Phi) is 3.96. The summed E-state index contributed by atoms with van der Waals surface area (Å²) in [6.07, 6.45) is 2.84. The van der Waals surface area contributed by atoms with Crippen LogP contribution in [0.25, 0.3) is 0 Å². The molecule has 116 valence electrons. The lowest BCUT2D eigenvalue weighted by Crippen LogP contribution is -2.40. The van der Waals surface area contributed by atoms with Gasteiger partial charge in [-0.3, -0.25) is 14.4 Å². The number of benzene rings is 1. The van der Waals surface area contributed by atoms with Crippen LogP contribution in [0.2, 0.25) is 0 Å². The molecule has 1 aromatic rings. The third-order valence-corrected chi connectivity index (χ3v) is 4.70. The van der Waals surface area contributed by atoms with Crippen molar-refractivity contribution in [2.24, 2.45) is 5.92 Å². The van der Waals surface area contributed by atoms with Gasteiger partial charge >= 0.3 is 0 Å². The molecule has 0 radical (unpaired) electrons. The molecule has 0 spiro atoms. The number of nitrogens with zero attached hydrogens (tertiary/aromatic N) is 1. The van der Waals surface area contributed by atoms with Gasteiger partial charge in [0, 0.05) is 19.6 Å². The average Bonchev–Trinajstić information content (AvgIpc) is 3.09. The van der Waals surface area contributed by atoms with E-state index in [4.69, 9.17) is 0 Å². The molecule has 2 aliphatic rings. The highest BCUT2D eigenvalue weighted by Gasteiger charge is 2.42. The Bertz CT molecular complexity index is 599. The van der Waals surface area contributed by atoms with E-state index in [-0.39, 0.29) is 18.5 Å². The van der Waals surface area contributed by atoms with Crippen LogP contribution in [0.15, 0.2) is 30.3 Å². The van der Waals surface area contributed by atoms with E-state index >= 15 is 0 Å². The lowest BCUT2D eigenvalue weighted by Gasteiger charge is -2.16. The van der Waals surface area contributed by atoms with Crippen molar-refractivity contribution in [1.82, 2.24) is 10.2 Å². The molecule has 1 N–H and O–H groups in total. The molecular formula is C17H20N2O3. The van der Waals surface area contributed by atoms with Crippen LogP contribution in [0, 0.1) is 5.92 Å². The number of carbonyl (C=O) groups excluding carboxylic acids is 3. The zero-order chi connectivity index (χ0) is 15.7. The van der Waals surface area contributed by atoms with Crippen molar-refractivity contribution in [3.8, 4) is 0 Å². The van der Waals surface area contributed by atoms with E-state index in [1.165, 1.54) is 10.5 Å². The molecule has 2 unspecified atom stereocenters. The molecule has 5 nitrogen and oxygen atoms in total. The summed E-state index contributed by atoms with van der Waals surface area (Å²) in [6, 6.07) is 10.4. The van der Waals surface area contributed by atoms with Crippen molar-refractivity contribution in [3.63, 3.8) is 0 Å². The molecule has 3 atom stereocenters. The maximum Gasteiger partial charge on any atom is 0.290 e. The van der Waals surface area contributed by atoms with Crippen LogP contribution in [0.1, 0.15) is 30.7 Å². The summed E-state index contributed by atoms with van der Waals surface area (Å²) in [5.74, 6) is -1.84. The number of amides is 2. The number of hydrogen-bond donors (Lipinski definition) is 1. The first-order valence-electron chi connectivity index (χ1n) is 7.71. The first kappa shape index (κ1) is 14.8. The van der Waals surface area contributed by atoms with Crippen molar-refractivity contribution in [2.75, 3.05) is 13.6 Å². The molecule has 0 bridgehead atoms. The maximum absolute atomic E-state index is 12.2. The molecule has 1 aliphatic carbocycles. The highest BCUT2D eigenvalue weighted by molar-refractivity contribution is 6.42. The van der Waals surface area contributed by atoms with Crippen LogP contribution in [0.4, 0.5) is 0 Å². The molecule has 1 saturated heterocycles. The van der Waals surface area contributed by atoms with Crippen molar-refractivity contribution in [2.45, 2.75) is 31.2 Å². The summed E-state index contributed by atoms with van der Waals surface area (Å²) in [4.78, 5) is 36.8. The number of Topliss-reactive ketones (excluding diaryl/α,β-unsaturated/α-hetero) is 1. The smallest absolute Gasteiger partial charge is 0.290 e. The molecule has 1 saturated carbocycles. The van der Waals surface area contributed by atoms with Crippen LogP contribution in [0.3, 0.4) is 0 Å². The Balaban J connectivity index is 1.58. The Hall–Kier alpha value is -2.17. The topological polar surface area (TPSA) is 66.5 Å². The zero-order valence-electron chi connectivity index (χ0n) is 12.6. The third-order valence-electron chi connectivity index (χ3n) is 4.70. The molecular weight excluding hydrogens is 280 g/mol. The van der Waals surface area contributed by atoms with Gasteiger partial charge in [-0.2, -0.15) is 0 Å². The minimum absolute atomic E-state index is 0.0894. The third kappa shape index (κ3) is 2.75. The number of likely N-dealkylation sites (N-methyl/N-ethyl adjacent to an activating group) is 1. The molecule has 5 heteroatoms. The molecule has 2 fully saturated rings. The molecule has 1 heterocycles. The van der Waals surface area contributed by atoms with E-state index in [0.29, 0.717) is 5.92 Å². The summed E-state index contributed by atoms with van der Waals surface area (Å²) >= 11 is 0. The van der Waals surface area contributed by atoms with Gasteiger partial charge in [0.05, 0.1) is 0 Å². The maximum atomic E-state index is 12.2.